The van der Waals surface area contributed by atoms with E-state index in [-0.39, 0.29) is 17.5 Å². The first kappa shape index (κ1) is 12.6. The van der Waals surface area contributed by atoms with Crippen molar-refractivity contribution >= 4 is 5.69 Å². The van der Waals surface area contributed by atoms with Crippen LogP contribution in [0.2, 0.25) is 0 Å². The van der Waals surface area contributed by atoms with Gasteiger partial charge in [-0.05, 0) is 6.92 Å². The quantitative estimate of drug-likeness (QED) is 0.782. The molecule has 16 heavy (non-hydrogen) atoms. The zero-order chi connectivity index (χ0) is 12.1. The lowest BCUT2D eigenvalue weighted by molar-refractivity contribution is 0.0923. The molecule has 0 saturated heterocycles. The molecule has 0 amide bonds. The molecule has 1 aromatic rings. The topological polar surface area (TPSA) is 53.7 Å². The van der Waals surface area contributed by atoms with E-state index in [1.807, 2.05) is 6.92 Å². The molecular formula is C11H16FNO3. The van der Waals surface area contributed by atoms with E-state index in [1.54, 1.807) is 7.11 Å². The van der Waals surface area contributed by atoms with E-state index in [4.69, 9.17) is 19.9 Å². The van der Waals surface area contributed by atoms with E-state index < -0.39 is 5.82 Å². The van der Waals surface area contributed by atoms with Crippen LogP contribution in [0, 0.1) is 5.82 Å². The van der Waals surface area contributed by atoms with E-state index in [2.05, 4.69) is 0 Å². The SMILES string of the molecule is COCC(C)Oc1cc(OC)c(F)cc1N. The molecule has 2 N–H and O–H groups in total. The summed E-state index contributed by atoms with van der Waals surface area (Å²) in [4.78, 5) is 0. The Morgan fingerprint density at radius 1 is 1.31 bits per heavy atom. The third kappa shape index (κ3) is 3.00. The number of benzene rings is 1. The minimum atomic E-state index is -0.508. The van der Waals surface area contributed by atoms with Crippen LogP contribution in [0.25, 0.3) is 0 Å². The van der Waals surface area contributed by atoms with Crippen molar-refractivity contribution in [2.45, 2.75) is 13.0 Å². The summed E-state index contributed by atoms with van der Waals surface area (Å²) in [7, 11) is 2.96. The molecule has 1 unspecified atom stereocenters. The monoisotopic (exact) mass is 229 g/mol. The van der Waals surface area contributed by atoms with Gasteiger partial charge >= 0.3 is 0 Å². The van der Waals surface area contributed by atoms with Gasteiger partial charge in [-0.2, -0.15) is 0 Å². The number of methoxy groups -OCH3 is 2. The fourth-order valence-electron chi connectivity index (χ4n) is 1.29. The molecule has 90 valence electrons. The zero-order valence-electron chi connectivity index (χ0n) is 9.62. The van der Waals surface area contributed by atoms with E-state index in [1.165, 1.54) is 19.2 Å². The number of hydrogen-bond acceptors (Lipinski definition) is 4. The predicted octanol–water partition coefficient (Wildman–Crippen LogP) is 1.83. The molecule has 0 heterocycles. The van der Waals surface area contributed by atoms with Crippen molar-refractivity contribution in [3.8, 4) is 11.5 Å². The Labute approximate surface area is 94.1 Å². The number of rotatable bonds is 5. The van der Waals surface area contributed by atoms with Crippen LogP contribution in [0.15, 0.2) is 12.1 Å². The summed E-state index contributed by atoms with van der Waals surface area (Å²) in [6.45, 7) is 2.26. The molecule has 4 nitrogen and oxygen atoms in total. The molecule has 0 bridgehead atoms. The molecular weight excluding hydrogens is 213 g/mol. The number of ether oxygens (including phenoxy) is 3. The van der Waals surface area contributed by atoms with Crippen molar-refractivity contribution in [2.24, 2.45) is 0 Å². The Hall–Kier alpha value is -1.49. The fraction of sp³-hybridized carbons (Fsp3) is 0.455. The molecule has 0 saturated carbocycles. The highest BCUT2D eigenvalue weighted by molar-refractivity contribution is 5.56. The molecule has 0 aliphatic rings. The van der Waals surface area contributed by atoms with Crippen molar-refractivity contribution in [1.29, 1.82) is 0 Å². The Bertz CT molecular complexity index is 357. The van der Waals surface area contributed by atoms with Gasteiger partial charge in [0.1, 0.15) is 11.9 Å². The summed E-state index contributed by atoms with van der Waals surface area (Å²) >= 11 is 0. The van der Waals surface area contributed by atoms with Gasteiger partial charge in [0, 0.05) is 19.2 Å². The van der Waals surface area contributed by atoms with Gasteiger partial charge in [-0.3, -0.25) is 0 Å². The maximum Gasteiger partial charge on any atom is 0.167 e. The summed E-state index contributed by atoms with van der Waals surface area (Å²) in [5.41, 5.74) is 5.87. The van der Waals surface area contributed by atoms with Crippen LogP contribution in [0.1, 0.15) is 6.92 Å². The highest BCUT2D eigenvalue weighted by Crippen LogP contribution is 2.30. The standard InChI is InChI=1S/C11H16FNO3/c1-7(6-14-2)16-11-5-10(15-3)8(12)4-9(11)13/h4-5,7H,6,13H2,1-3H3. The molecule has 1 atom stereocenters. The highest BCUT2D eigenvalue weighted by atomic mass is 19.1. The molecule has 1 rings (SSSR count). The summed E-state index contributed by atoms with van der Waals surface area (Å²) in [6.07, 6.45) is -0.164. The first-order valence-electron chi connectivity index (χ1n) is 4.87. The van der Waals surface area contributed by atoms with Crippen molar-refractivity contribution < 1.29 is 18.6 Å². The lowest BCUT2D eigenvalue weighted by Crippen LogP contribution is -2.18. The van der Waals surface area contributed by atoms with Gasteiger partial charge < -0.3 is 19.9 Å². The number of anilines is 1. The molecule has 0 fully saturated rings. The second-order valence-electron chi connectivity index (χ2n) is 3.41. The van der Waals surface area contributed by atoms with Gasteiger partial charge in [-0.25, -0.2) is 4.39 Å². The smallest absolute Gasteiger partial charge is 0.167 e. The second-order valence-corrected chi connectivity index (χ2v) is 3.41. The summed E-state index contributed by atoms with van der Waals surface area (Å²) in [6, 6.07) is 2.60. The van der Waals surface area contributed by atoms with Crippen LogP contribution in [-0.2, 0) is 4.74 Å². The predicted molar refractivity (Wildman–Crippen MR) is 59.3 cm³/mol. The molecule has 5 heteroatoms. The van der Waals surface area contributed by atoms with Crippen LogP contribution in [0.4, 0.5) is 10.1 Å². The summed E-state index contributed by atoms with van der Waals surface area (Å²) in [5.74, 6) is -0.0108. The Morgan fingerprint density at radius 2 is 2.00 bits per heavy atom. The van der Waals surface area contributed by atoms with Crippen LogP contribution in [0.3, 0.4) is 0 Å². The van der Waals surface area contributed by atoms with Gasteiger partial charge in [-0.15, -0.1) is 0 Å². The summed E-state index contributed by atoms with van der Waals surface area (Å²) < 4.78 is 28.5. The zero-order valence-corrected chi connectivity index (χ0v) is 9.62. The lowest BCUT2D eigenvalue weighted by Gasteiger charge is -2.16. The molecule has 0 radical (unpaired) electrons. The third-order valence-corrected chi connectivity index (χ3v) is 2.01. The molecule has 0 spiro atoms. The van der Waals surface area contributed by atoms with Crippen LogP contribution in [0.5, 0.6) is 11.5 Å². The molecule has 1 aromatic carbocycles. The van der Waals surface area contributed by atoms with Gasteiger partial charge in [0.25, 0.3) is 0 Å². The maximum absolute atomic E-state index is 13.2. The van der Waals surface area contributed by atoms with Gasteiger partial charge in [0.15, 0.2) is 11.6 Å². The normalized spacial score (nSPS) is 12.2. The molecule has 0 aromatic heterocycles. The number of nitrogen functional groups attached to an aromatic ring is 1. The first-order valence-corrected chi connectivity index (χ1v) is 4.87. The number of nitrogens with two attached hydrogens (primary N) is 1. The van der Waals surface area contributed by atoms with Crippen LogP contribution >= 0.6 is 0 Å². The van der Waals surface area contributed by atoms with Crippen molar-refractivity contribution in [1.82, 2.24) is 0 Å². The van der Waals surface area contributed by atoms with Gasteiger partial charge in [0.05, 0.1) is 19.4 Å². The third-order valence-electron chi connectivity index (χ3n) is 2.01. The maximum atomic E-state index is 13.2. The highest BCUT2D eigenvalue weighted by Gasteiger charge is 2.12. The van der Waals surface area contributed by atoms with E-state index in [9.17, 15) is 4.39 Å². The molecule has 0 aliphatic carbocycles. The minimum absolute atomic E-state index is 0.105. The van der Waals surface area contributed by atoms with Crippen LogP contribution in [-0.4, -0.2) is 26.9 Å². The average Bonchev–Trinajstić information content (AvgIpc) is 2.22. The Balaban J connectivity index is 2.87. The van der Waals surface area contributed by atoms with Crippen LogP contribution < -0.4 is 15.2 Å². The Kier molecular flexibility index (Phi) is 4.37. The fourth-order valence-corrected chi connectivity index (χ4v) is 1.29. The van der Waals surface area contributed by atoms with Crippen molar-refractivity contribution in [3.05, 3.63) is 17.9 Å². The number of halogens is 1. The number of hydrogen-bond donors (Lipinski definition) is 1. The largest absolute Gasteiger partial charge is 0.494 e. The summed E-state index contributed by atoms with van der Waals surface area (Å²) in [5, 5.41) is 0. The first-order chi connectivity index (χ1) is 7.58. The lowest BCUT2D eigenvalue weighted by atomic mass is 10.2. The van der Waals surface area contributed by atoms with Gasteiger partial charge in [0.2, 0.25) is 0 Å². The van der Waals surface area contributed by atoms with Crippen molar-refractivity contribution in [2.75, 3.05) is 26.6 Å². The van der Waals surface area contributed by atoms with E-state index in [0.717, 1.165) is 0 Å². The van der Waals surface area contributed by atoms with E-state index in [0.29, 0.717) is 12.4 Å². The Morgan fingerprint density at radius 3 is 2.56 bits per heavy atom. The van der Waals surface area contributed by atoms with E-state index >= 15 is 0 Å². The minimum Gasteiger partial charge on any atom is -0.494 e. The second kappa shape index (κ2) is 5.55. The average molecular weight is 229 g/mol. The molecule has 0 aliphatic heterocycles. The van der Waals surface area contributed by atoms with Crippen molar-refractivity contribution in [3.63, 3.8) is 0 Å². The van der Waals surface area contributed by atoms with Gasteiger partial charge in [-0.1, -0.05) is 0 Å².